The Bertz CT molecular complexity index is 472. The van der Waals surface area contributed by atoms with Crippen molar-refractivity contribution in [1.82, 2.24) is 5.32 Å². The highest BCUT2D eigenvalue weighted by molar-refractivity contribution is 5.74. The predicted octanol–water partition coefficient (Wildman–Crippen LogP) is 1.38. The zero-order valence-corrected chi connectivity index (χ0v) is 11.2. The number of nitro groups is 1. The number of carbonyl (C=O) groups is 1. The summed E-state index contributed by atoms with van der Waals surface area (Å²) in [7, 11) is 0. The zero-order valence-electron chi connectivity index (χ0n) is 11.2. The first-order valence-corrected chi connectivity index (χ1v) is 6.07. The Kier molecular flexibility index (Phi) is 5.00. The SMILES string of the molecule is CC(C)(CC(N)=O)NCCc1ccccc1[N+](=O)[O-]. The molecule has 0 unspecified atom stereocenters. The fraction of sp³-hybridized carbons (Fsp3) is 0.462. The Balaban J connectivity index is 2.58. The molecule has 0 radical (unpaired) electrons. The van der Waals surface area contributed by atoms with Crippen molar-refractivity contribution in [3.63, 3.8) is 0 Å². The summed E-state index contributed by atoms with van der Waals surface area (Å²) in [5, 5.41) is 14.0. The van der Waals surface area contributed by atoms with E-state index in [1.54, 1.807) is 18.2 Å². The minimum atomic E-state index is -0.407. The lowest BCUT2D eigenvalue weighted by Crippen LogP contribution is -2.43. The molecule has 0 saturated heterocycles. The van der Waals surface area contributed by atoms with Crippen molar-refractivity contribution in [3.8, 4) is 0 Å². The summed E-state index contributed by atoms with van der Waals surface area (Å²) < 4.78 is 0. The number of nitrogens with zero attached hydrogens (tertiary/aromatic N) is 1. The Morgan fingerprint density at radius 3 is 2.63 bits per heavy atom. The van der Waals surface area contributed by atoms with Crippen molar-refractivity contribution in [2.75, 3.05) is 6.54 Å². The van der Waals surface area contributed by atoms with Gasteiger partial charge in [-0.1, -0.05) is 18.2 Å². The van der Waals surface area contributed by atoms with E-state index in [-0.39, 0.29) is 22.9 Å². The van der Waals surface area contributed by atoms with Crippen LogP contribution in [0.15, 0.2) is 24.3 Å². The van der Waals surface area contributed by atoms with Gasteiger partial charge in [-0.25, -0.2) is 0 Å². The van der Waals surface area contributed by atoms with Gasteiger partial charge in [0.25, 0.3) is 5.69 Å². The molecule has 6 nitrogen and oxygen atoms in total. The molecule has 1 aromatic carbocycles. The standard InChI is InChI=1S/C13H19N3O3/c1-13(2,9-12(14)17)15-8-7-10-5-3-4-6-11(10)16(18)19/h3-6,15H,7-9H2,1-2H3,(H2,14,17). The molecule has 104 valence electrons. The first kappa shape index (κ1) is 15.1. The number of nitrogens with one attached hydrogen (secondary N) is 1. The summed E-state index contributed by atoms with van der Waals surface area (Å²) in [4.78, 5) is 21.4. The van der Waals surface area contributed by atoms with E-state index in [4.69, 9.17) is 5.73 Å². The topological polar surface area (TPSA) is 98.3 Å². The maximum absolute atomic E-state index is 10.9. The molecule has 0 spiro atoms. The van der Waals surface area contributed by atoms with Crippen molar-refractivity contribution in [2.24, 2.45) is 5.73 Å². The molecule has 0 aromatic heterocycles. The molecule has 19 heavy (non-hydrogen) atoms. The molecular formula is C13H19N3O3. The van der Waals surface area contributed by atoms with Crippen molar-refractivity contribution in [1.29, 1.82) is 0 Å². The third-order valence-corrected chi connectivity index (χ3v) is 2.80. The second kappa shape index (κ2) is 6.29. The third-order valence-electron chi connectivity index (χ3n) is 2.80. The molecule has 0 bridgehead atoms. The van der Waals surface area contributed by atoms with Crippen LogP contribution in [0.4, 0.5) is 5.69 Å². The number of nitrogens with two attached hydrogens (primary N) is 1. The van der Waals surface area contributed by atoms with Gasteiger partial charge in [0.15, 0.2) is 0 Å². The second-order valence-corrected chi connectivity index (χ2v) is 5.09. The van der Waals surface area contributed by atoms with Crippen LogP contribution in [0, 0.1) is 10.1 Å². The Morgan fingerprint density at radius 1 is 1.42 bits per heavy atom. The van der Waals surface area contributed by atoms with E-state index in [9.17, 15) is 14.9 Å². The number of primary amides is 1. The van der Waals surface area contributed by atoms with Gasteiger partial charge >= 0.3 is 0 Å². The van der Waals surface area contributed by atoms with Crippen molar-refractivity contribution in [2.45, 2.75) is 32.2 Å². The van der Waals surface area contributed by atoms with Crippen LogP contribution < -0.4 is 11.1 Å². The average Bonchev–Trinajstić information content (AvgIpc) is 2.27. The highest BCUT2D eigenvalue weighted by atomic mass is 16.6. The number of rotatable bonds is 7. The molecule has 3 N–H and O–H groups in total. The lowest BCUT2D eigenvalue weighted by molar-refractivity contribution is -0.385. The molecular weight excluding hydrogens is 246 g/mol. The van der Waals surface area contributed by atoms with E-state index in [1.807, 2.05) is 13.8 Å². The normalized spacial score (nSPS) is 11.3. The number of carbonyl (C=O) groups excluding carboxylic acids is 1. The van der Waals surface area contributed by atoms with E-state index in [1.165, 1.54) is 6.07 Å². The van der Waals surface area contributed by atoms with E-state index in [0.717, 1.165) is 0 Å². The maximum atomic E-state index is 10.9. The molecule has 0 saturated carbocycles. The van der Waals surface area contributed by atoms with Gasteiger partial charge in [0.2, 0.25) is 5.91 Å². The van der Waals surface area contributed by atoms with Gasteiger partial charge in [0.05, 0.1) is 4.92 Å². The predicted molar refractivity (Wildman–Crippen MR) is 72.7 cm³/mol. The van der Waals surface area contributed by atoms with Crippen molar-refractivity contribution >= 4 is 11.6 Å². The number of nitro benzene ring substituents is 1. The highest BCUT2D eigenvalue weighted by Gasteiger charge is 2.20. The number of benzene rings is 1. The van der Waals surface area contributed by atoms with Crippen LogP contribution in [0.5, 0.6) is 0 Å². The van der Waals surface area contributed by atoms with E-state index in [0.29, 0.717) is 18.5 Å². The van der Waals surface area contributed by atoms with Gasteiger partial charge in [0.1, 0.15) is 0 Å². The monoisotopic (exact) mass is 265 g/mol. The quantitative estimate of drug-likeness (QED) is 0.574. The summed E-state index contributed by atoms with van der Waals surface area (Å²) in [5.74, 6) is -0.372. The summed E-state index contributed by atoms with van der Waals surface area (Å²) in [6.45, 7) is 4.29. The molecule has 6 heteroatoms. The largest absolute Gasteiger partial charge is 0.370 e. The van der Waals surface area contributed by atoms with Crippen LogP contribution in [-0.4, -0.2) is 22.9 Å². The molecule has 1 aromatic rings. The van der Waals surface area contributed by atoms with Gasteiger partial charge in [-0.05, 0) is 26.8 Å². The van der Waals surface area contributed by atoms with Crippen molar-refractivity contribution in [3.05, 3.63) is 39.9 Å². The highest BCUT2D eigenvalue weighted by Crippen LogP contribution is 2.18. The van der Waals surface area contributed by atoms with Gasteiger partial charge < -0.3 is 11.1 Å². The summed E-state index contributed by atoms with van der Waals surface area (Å²) in [6, 6.07) is 6.65. The molecule has 0 aliphatic heterocycles. The molecule has 1 amide bonds. The maximum Gasteiger partial charge on any atom is 0.272 e. The number of hydrogen-bond donors (Lipinski definition) is 2. The Morgan fingerprint density at radius 2 is 2.05 bits per heavy atom. The van der Waals surface area contributed by atoms with E-state index in [2.05, 4.69) is 5.32 Å². The Labute approximate surface area is 112 Å². The number of hydrogen-bond acceptors (Lipinski definition) is 4. The second-order valence-electron chi connectivity index (χ2n) is 5.09. The molecule has 0 heterocycles. The number of para-hydroxylation sites is 1. The molecule has 0 aliphatic carbocycles. The van der Waals surface area contributed by atoms with E-state index < -0.39 is 5.54 Å². The number of amides is 1. The lowest BCUT2D eigenvalue weighted by atomic mass is 9.99. The fourth-order valence-electron chi connectivity index (χ4n) is 1.93. The first-order chi connectivity index (χ1) is 8.82. The smallest absolute Gasteiger partial charge is 0.272 e. The minimum Gasteiger partial charge on any atom is -0.370 e. The van der Waals surface area contributed by atoms with Crippen LogP contribution in [0.2, 0.25) is 0 Å². The molecule has 0 aliphatic rings. The molecule has 0 fully saturated rings. The van der Waals surface area contributed by atoms with Gasteiger partial charge in [0, 0.05) is 23.6 Å². The van der Waals surface area contributed by atoms with Crippen LogP contribution in [0.1, 0.15) is 25.8 Å². The lowest BCUT2D eigenvalue weighted by Gasteiger charge is -2.24. The van der Waals surface area contributed by atoms with Gasteiger partial charge in [-0.3, -0.25) is 14.9 Å². The van der Waals surface area contributed by atoms with Gasteiger partial charge in [-0.15, -0.1) is 0 Å². The van der Waals surface area contributed by atoms with Gasteiger partial charge in [-0.2, -0.15) is 0 Å². The molecule has 1 rings (SSSR count). The van der Waals surface area contributed by atoms with Crippen molar-refractivity contribution < 1.29 is 9.72 Å². The zero-order chi connectivity index (χ0) is 14.5. The summed E-state index contributed by atoms with van der Waals surface area (Å²) >= 11 is 0. The van der Waals surface area contributed by atoms with Crippen LogP contribution in [-0.2, 0) is 11.2 Å². The summed E-state index contributed by atoms with van der Waals surface area (Å²) in [5.41, 5.74) is 5.55. The van der Waals surface area contributed by atoms with Crippen LogP contribution in [0.25, 0.3) is 0 Å². The van der Waals surface area contributed by atoms with Crippen LogP contribution in [0.3, 0.4) is 0 Å². The Hall–Kier alpha value is -1.95. The average molecular weight is 265 g/mol. The minimum absolute atomic E-state index is 0.122. The van der Waals surface area contributed by atoms with E-state index >= 15 is 0 Å². The summed E-state index contributed by atoms with van der Waals surface area (Å²) in [6.07, 6.45) is 0.753. The van der Waals surface area contributed by atoms with Crippen LogP contribution >= 0.6 is 0 Å². The molecule has 0 atom stereocenters. The fourth-order valence-corrected chi connectivity index (χ4v) is 1.93. The third kappa shape index (κ3) is 5.05. The first-order valence-electron chi connectivity index (χ1n) is 6.07.